The van der Waals surface area contributed by atoms with Crippen LogP contribution in [0, 0.1) is 0 Å². The van der Waals surface area contributed by atoms with E-state index in [1.165, 1.54) is 5.56 Å². The van der Waals surface area contributed by atoms with E-state index in [-0.39, 0.29) is 6.04 Å². The molecule has 3 N–H and O–H groups in total. The number of hydrogen-bond donors (Lipinski definition) is 2. The van der Waals surface area contributed by atoms with E-state index in [4.69, 9.17) is 5.84 Å². The van der Waals surface area contributed by atoms with Crippen LogP contribution in [0.4, 0.5) is 0 Å². The molecule has 2 rings (SSSR count). The van der Waals surface area contributed by atoms with Crippen molar-refractivity contribution in [1.82, 2.24) is 20.2 Å². The molecule has 2 aromatic heterocycles. The van der Waals surface area contributed by atoms with Gasteiger partial charge in [0, 0.05) is 37.1 Å². The molecule has 2 heterocycles. The minimum atomic E-state index is 0.175. The number of rotatable bonds is 6. The van der Waals surface area contributed by atoms with Gasteiger partial charge in [0.2, 0.25) is 0 Å². The number of pyridine rings is 1. The van der Waals surface area contributed by atoms with E-state index in [9.17, 15) is 0 Å². The molecule has 0 radical (unpaired) electrons. The lowest BCUT2D eigenvalue weighted by molar-refractivity contribution is 0.517. The second-order valence-corrected chi connectivity index (χ2v) is 4.30. The summed E-state index contributed by atoms with van der Waals surface area (Å²) in [5, 5.41) is 4.26. The molecule has 0 amide bonds. The van der Waals surface area contributed by atoms with E-state index in [2.05, 4.69) is 28.6 Å². The topological polar surface area (TPSA) is 68.8 Å². The average Bonchev–Trinajstić information content (AvgIpc) is 2.87. The summed E-state index contributed by atoms with van der Waals surface area (Å²) in [4.78, 5) is 4.31. The first-order valence-electron chi connectivity index (χ1n) is 6.19. The first-order valence-corrected chi connectivity index (χ1v) is 6.19. The minimum absolute atomic E-state index is 0.175. The van der Waals surface area contributed by atoms with Gasteiger partial charge in [0.25, 0.3) is 0 Å². The second kappa shape index (κ2) is 6.28. The van der Waals surface area contributed by atoms with Gasteiger partial charge in [0.05, 0.1) is 6.20 Å². The number of nitrogens with zero attached hydrogens (tertiary/aromatic N) is 3. The first-order chi connectivity index (χ1) is 8.81. The highest BCUT2D eigenvalue weighted by Gasteiger charge is 2.10. The van der Waals surface area contributed by atoms with Gasteiger partial charge in [0.1, 0.15) is 0 Å². The van der Waals surface area contributed by atoms with Crippen LogP contribution in [0.25, 0.3) is 0 Å². The zero-order valence-electron chi connectivity index (χ0n) is 10.6. The quantitative estimate of drug-likeness (QED) is 0.586. The summed E-state index contributed by atoms with van der Waals surface area (Å²) in [6.45, 7) is 2.96. The fraction of sp³-hybridized carbons (Fsp3) is 0.385. The minimum Gasteiger partial charge on any atom is -0.273 e. The Morgan fingerprint density at radius 2 is 2.28 bits per heavy atom. The predicted molar refractivity (Wildman–Crippen MR) is 70.7 cm³/mol. The van der Waals surface area contributed by atoms with Gasteiger partial charge in [0.15, 0.2) is 0 Å². The zero-order valence-corrected chi connectivity index (χ0v) is 10.6. The number of nitrogens with one attached hydrogen (secondary N) is 1. The van der Waals surface area contributed by atoms with Crippen molar-refractivity contribution in [3.05, 3.63) is 48.0 Å². The van der Waals surface area contributed by atoms with Gasteiger partial charge < -0.3 is 0 Å². The molecule has 0 bridgehead atoms. The Morgan fingerprint density at radius 3 is 2.89 bits per heavy atom. The smallest absolute Gasteiger partial charge is 0.0522 e. The fourth-order valence-electron chi connectivity index (χ4n) is 1.93. The van der Waals surface area contributed by atoms with Gasteiger partial charge in [-0.3, -0.25) is 20.9 Å². The predicted octanol–water partition coefficient (Wildman–Crippen LogP) is 0.915. The van der Waals surface area contributed by atoms with Crippen LogP contribution in [0.3, 0.4) is 0 Å². The standard InChI is InChI=1S/C13H19N5/c1-2-18-10-11(9-16-18)7-13(17-14)8-12-5-3-4-6-15-12/h3-6,9-10,13,17H,2,7-8,14H2,1H3. The summed E-state index contributed by atoms with van der Waals surface area (Å²) in [7, 11) is 0. The van der Waals surface area contributed by atoms with E-state index in [0.29, 0.717) is 0 Å². The van der Waals surface area contributed by atoms with Crippen molar-refractivity contribution in [3.8, 4) is 0 Å². The van der Waals surface area contributed by atoms with Crippen molar-refractivity contribution >= 4 is 0 Å². The largest absolute Gasteiger partial charge is 0.273 e. The van der Waals surface area contributed by atoms with Crippen molar-refractivity contribution in [3.63, 3.8) is 0 Å². The Balaban J connectivity index is 1.97. The molecule has 0 saturated heterocycles. The summed E-state index contributed by atoms with van der Waals surface area (Å²) in [5.74, 6) is 5.60. The SMILES string of the molecule is CCn1cc(CC(Cc2ccccn2)NN)cn1. The maximum Gasteiger partial charge on any atom is 0.0522 e. The number of aromatic nitrogens is 3. The summed E-state index contributed by atoms with van der Waals surface area (Å²) in [5.41, 5.74) is 5.08. The number of nitrogens with two attached hydrogens (primary N) is 1. The van der Waals surface area contributed by atoms with Crippen molar-refractivity contribution < 1.29 is 0 Å². The van der Waals surface area contributed by atoms with Gasteiger partial charge in [-0.2, -0.15) is 5.10 Å². The number of hydrogen-bond acceptors (Lipinski definition) is 4. The van der Waals surface area contributed by atoms with Crippen molar-refractivity contribution in [2.24, 2.45) is 5.84 Å². The summed E-state index contributed by atoms with van der Waals surface area (Å²) in [6, 6.07) is 6.10. The zero-order chi connectivity index (χ0) is 12.8. The van der Waals surface area contributed by atoms with Gasteiger partial charge in [-0.15, -0.1) is 0 Å². The molecule has 0 fully saturated rings. The molecule has 96 valence electrons. The molecule has 2 aromatic rings. The molecule has 0 aliphatic heterocycles. The van der Waals surface area contributed by atoms with E-state index in [0.717, 1.165) is 25.1 Å². The van der Waals surface area contributed by atoms with Gasteiger partial charge in [-0.25, -0.2) is 0 Å². The van der Waals surface area contributed by atoms with Crippen LogP contribution < -0.4 is 11.3 Å². The van der Waals surface area contributed by atoms with Crippen LogP contribution in [-0.2, 0) is 19.4 Å². The Hall–Kier alpha value is -1.72. The van der Waals surface area contributed by atoms with Crippen LogP contribution in [-0.4, -0.2) is 20.8 Å². The first kappa shape index (κ1) is 12.7. The summed E-state index contributed by atoms with van der Waals surface area (Å²) >= 11 is 0. The lowest BCUT2D eigenvalue weighted by Gasteiger charge is -2.14. The van der Waals surface area contributed by atoms with Crippen molar-refractivity contribution in [2.75, 3.05) is 0 Å². The summed E-state index contributed by atoms with van der Waals surface area (Å²) < 4.78 is 1.92. The molecule has 18 heavy (non-hydrogen) atoms. The highest BCUT2D eigenvalue weighted by molar-refractivity contribution is 5.10. The van der Waals surface area contributed by atoms with E-state index < -0.39 is 0 Å². The molecule has 0 aliphatic carbocycles. The third-order valence-corrected chi connectivity index (χ3v) is 2.91. The highest BCUT2D eigenvalue weighted by atomic mass is 15.3. The highest BCUT2D eigenvalue weighted by Crippen LogP contribution is 2.06. The normalized spacial score (nSPS) is 12.6. The van der Waals surface area contributed by atoms with Gasteiger partial charge in [-0.05, 0) is 31.0 Å². The lowest BCUT2D eigenvalue weighted by Crippen LogP contribution is -2.38. The van der Waals surface area contributed by atoms with Crippen molar-refractivity contribution in [2.45, 2.75) is 32.4 Å². The molecule has 0 saturated carbocycles. The Bertz CT molecular complexity index is 465. The average molecular weight is 245 g/mol. The Labute approximate surface area is 107 Å². The monoisotopic (exact) mass is 245 g/mol. The molecular formula is C13H19N5. The van der Waals surface area contributed by atoms with Crippen LogP contribution in [0.2, 0.25) is 0 Å². The molecule has 0 aliphatic rings. The third-order valence-electron chi connectivity index (χ3n) is 2.91. The molecular weight excluding hydrogens is 226 g/mol. The molecule has 1 unspecified atom stereocenters. The number of aryl methyl sites for hydroxylation is 1. The molecule has 5 nitrogen and oxygen atoms in total. The Kier molecular flexibility index (Phi) is 4.44. The van der Waals surface area contributed by atoms with E-state index in [1.807, 2.05) is 29.1 Å². The van der Waals surface area contributed by atoms with Crippen LogP contribution in [0.1, 0.15) is 18.2 Å². The van der Waals surface area contributed by atoms with Crippen LogP contribution in [0.5, 0.6) is 0 Å². The molecule has 0 aromatic carbocycles. The second-order valence-electron chi connectivity index (χ2n) is 4.30. The fourth-order valence-corrected chi connectivity index (χ4v) is 1.93. The van der Waals surface area contributed by atoms with Gasteiger partial charge >= 0.3 is 0 Å². The summed E-state index contributed by atoms with van der Waals surface area (Å²) in [6.07, 6.45) is 7.43. The lowest BCUT2D eigenvalue weighted by atomic mass is 10.0. The maximum absolute atomic E-state index is 5.60. The molecule has 0 spiro atoms. The van der Waals surface area contributed by atoms with Crippen molar-refractivity contribution in [1.29, 1.82) is 0 Å². The third kappa shape index (κ3) is 3.38. The molecule has 5 heteroatoms. The Morgan fingerprint density at radius 1 is 1.39 bits per heavy atom. The van der Waals surface area contributed by atoms with Crippen LogP contribution >= 0.6 is 0 Å². The van der Waals surface area contributed by atoms with Crippen LogP contribution in [0.15, 0.2) is 36.8 Å². The van der Waals surface area contributed by atoms with E-state index in [1.54, 1.807) is 6.20 Å². The van der Waals surface area contributed by atoms with E-state index >= 15 is 0 Å². The van der Waals surface area contributed by atoms with Gasteiger partial charge in [-0.1, -0.05) is 6.07 Å². The molecule has 1 atom stereocenters. The number of hydrazine groups is 1. The maximum atomic E-state index is 5.60.